The van der Waals surface area contributed by atoms with Gasteiger partial charge in [0.25, 0.3) is 11.5 Å². The Bertz CT molecular complexity index is 1210. The predicted molar refractivity (Wildman–Crippen MR) is 126 cm³/mol. The fourth-order valence-corrected chi connectivity index (χ4v) is 4.24. The number of allylic oxidation sites excluding steroid dienone is 1. The molecule has 0 spiro atoms. The largest absolute Gasteiger partial charge is 0.336 e. The van der Waals surface area contributed by atoms with E-state index in [2.05, 4.69) is 40.7 Å². The molecule has 1 N–H and O–H groups in total. The van der Waals surface area contributed by atoms with Crippen LogP contribution in [0.3, 0.4) is 0 Å². The Hall–Kier alpha value is -3.03. The topological polar surface area (TPSA) is 61.3 Å². The molecule has 2 aromatic carbocycles. The Morgan fingerprint density at radius 1 is 1.10 bits per heavy atom. The lowest BCUT2D eigenvalue weighted by atomic mass is 10.1. The number of benzene rings is 2. The average molecular weight is 435 g/mol. The summed E-state index contributed by atoms with van der Waals surface area (Å²) in [5.74, 6) is -0.0146. The van der Waals surface area contributed by atoms with Gasteiger partial charge in [-0.1, -0.05) is 36.4 Å². The van der Waals surface area contributed by atoms with Crippen molar-refractivity contribution in [2.45, 2.75) is 13.0 Å². The SMILES string of the molecule is C=CCn1c(=S)[nH]c2cc(C(=O)N3CCN(CCc4ccccc4)CC3)ccc2c1=O. The van der Waals surface area contributed by atoms with E-state index < -0.39 is 0 Å². The molecule has 1 fully saturated rings. The van der Waals surface area contributed by atoms with Crippen LogP contribution in [0.2, 0.25) is 0 Å². The van der Waals surface area contributed by atoms with Gasteiger partial charge in [0.05, 0.1) is 10.9 Å². The van der Waals surface area contributed by atoms with E-state index in [1.165, 1.54) is 10.1 Å². The molecule has 31 heavy (non-hydrogen) atoms. The number of amides is 1. The van der Waals surface area contributed by atoms with E-state index in [0.717, 1.165) is 26.1 Å². The highest BCUT2D eigenvalue weighted by Crippen LogP contribution is 2.15. The zero-order chi connectivity index (χ0) is 21.8. The molecule has 0 atom stereocenters. The molecule has 1 aliphatic heterocycles. The zero-order valence-corrected chi connectivity index (χ0v) is 18.2. The van der Waals surface area contributed by atoms with Crippen LogP contribution in [0.25, 0.3) is 10.9 Å². The minimum Gasteiger partial charge on any atom is -0.336 e. The summed E-state index contributed by atoms with van der Waals surface area (Å²) in [4.78, 5) is 33.0. The van der Waals surface area contributed by atoms with E-state index >= 15 is 0 Å². The maximum absolute atomic E-state index is 13.0. The molecular formula is C24H26N4O2S. The number of hydrogen-bond acceptors (Lipinski definition) is 4. The molecule has 3 aromatic rings. The Balaban J connectivity index is 1.42. The van der Waals surface area contributed by atoms with Gasteiger partial charge in [-0.05, 0) is 42.4 Å². The molecular weight excluding hydrogens is 408 g/mol. The number of piperazine rings is 1. The van der Waals surface area contributed by atoms with Crippen molar-refractivity contribution < 1.29 is 4.79 Å². The number of carbonyl (C=O) groups is 1. The van der Waals surface area contributed by atoms with Gasteiger partial charge in [-0.3, -0.25) is 19.1 Å². The van der Waals surface area contributed by atoms with Crippen molar-refractivity contribution in [1.29, 1.82) is 0 Å². The third-order valence-corrected chi connectivity index (χ3v) is 6.08. The molecule has 6 nitrogen and oxygen atoms in total. The van der Waals surface area contributed by atoms with Gasteiger partial charge in [0.2, 0.25) is 0 Å². The second kappa shape index (κ2) is 9.41. The number of fused-ring (bicyclic) bond motifs is 1. The van der Waals surface area contributed by atoms with Crippen LogP contribution in [0.15, 0.2) is 66.0 Å². The molecule has 0 aliphatic carbocycles. The van der Waals surface area contributed by atoms with Crippen LogP contribution in [0.1, 0.15) is 15.9 Å². The van der Waals surface area contributed by atoms with Crippen LogP contribution < -0.4 is 5.56 Å². The number of carbonyl (C=O) groups excluding carboxylic acids is 1. The average Bonchev–Trinajstić information content (AvgIpc) is 2.80. The maximum atomic E-state index is 13.0. The molecule has 0 bridgehead atoms. The van der Waals surface area contributed by atoms with Crippen LogP contribution in [-0.2, 0) is 13.0 Å². The Labute approximate surface area is 186 Å². The van der Waals surface area contributed by atoms with E-state index in [4.69, 9.17) is 12.2 Å². The van der Waals surface area contributed by atoms with Crippen LogP contribution in [0, 0.1) is 4.77 Å². The Morgan fingerprint density at radius 2 is 1.84 bits per heavy atom. The summed E-state index contributed by atoms with van der Waals surface area (Å²) >= 11 is 5.30. The molecule has 0 unspecified atom stereocenters. The Kier molecular flexibility index (Phi) is 6.44. The molecule has 4 rings (SSSR count). The van der Waals surface area contributed by atoms with Gasteiger partial charge in [-0.25, -0.2) is 0 Å². The van der Waals surface area contributed by atoms with Crippen molar-refractivity contribution in [2.24, 2.45) is 0 Å². The molecule has 160 valence electrons. The van der Waals surface area contributed by atoms with Crippen molar-refractivity contribution in [3.8, 4) is 0 Å². The van der Waals surface area contributed by atoms with Crippen LogP contribution in [0.5, 0.6) is 0 Å². The van der Waals surface area contributed by atoms with Gasteiger partial charge < -0.3 is 9.88 Å². The summed E-state index contributed by atoms with van der Waals surface area (Å²) in [6.07, 6.45) is 2.65. The van der Waals surface area contributed by atoms with E-state index in [-0.39, 0.29) is 11.5 Å². The fraction of sp³-hybridized carbons (Fsp3) is 0.292. The first-order valence-corrected chi connectivity index (χ1v) is 10.9. The number of H-pyrrole nitrogens is 1. The zero-order valence-electron chi connectivity index (χ0n) is 17.4. The molecule has 1 saturated heterocycles. The molecule has 2 heterocycles. The highest BCUT2D eigenvalue weighted by Gasteiger charge is 2.22. The standard InChI is InChI=1S/C24H26N4O2S/c1-2-11-28-23(30)20-9-8-19(17-21(20)25-24(28)31)22(29)27-15-13-26(14-16-27)12-10-18-6-4-3-5-7-18/h2-9,17H,1,10-16H2,(H,25,31). The smallest absolute Gasteiger partial charge is 0.262 e. The van der Waals surface area contributed by atoms with Crippen molar-refractivity contribution in [3.05, 3.63) is 87.4 Å². The van der Waals surface area contributed by atoms with Gasteiger partial charge in [-0.2, -0.15) is 0 Å². The quantitative estimate of drug-likeness (QED) is 0.478. The highest BCUT2D eigenvalue weighted by molar-refractivity contribution is 7.71. The van der Waals surface area contributed by atoms with Gasteiger partial charge in [0.15, 0.2) is 4.77 Å². The van der Waals surface area contributed by atoms with E-state index in [0.29, 0.717) is 40.9 Å². The summed E-state index contributed by atoms with van der Waals surface area (Å²) in [7, 11) is 0. The van der Waals surface area contributed by atoms with Gasteiger partial charge >= 0.3 is 0 Å². The number of aromatic nitrogens is 2. The second-order valence-electron chi connectivity index (χ2n) is 7.76. The fourth-order valence-electron chi connectivity index (χ4n) is 3.97. The normalized spacial score (nSPS) is 14.6. The van der Waals surface area contributed by atoms with Gasteiger partial charge in [0.1, 0.15) is 0 Å². The maximum Gasteiger partial charge on any atom is 0.262 e. The summed E-state index contributed by atoms with van der Waals surface area (Å²) in [6, 6.07) is 15.6. The Morgan fingerprint density at radius 3 is 2.55 bits per heavy atom. The van der Waals surface area contributed by atoms with Crippen molar-refractivity contribution in [2.75, 3.05) is 32.7 Å². The number of nitrogens with one attached hydrogen (secondary N) is 1. The van der Waals surface area contributed by atoms with Gasteiger partial charge in [0, 0.05) is 44.8 Å². The van der Waals surface area contributed by atoms with E-state index in [9.17, 15) is 9.59 Å². The van der Waals surface area contributed by atoms with Crippen LogP contribution >= 0.6 is 12.2 Å². The second-order valence-corrected chi connectivity index (χ2v) is 8.15. The lowest BCUT2D eigenvalue weighted by Crippen LogP contribution is -2.49. The van der Waals surface area contributed by atoms with Crippen molar-refractivity contribution >= 4 is 29.0 Å². The number of aromatic amines is 1. The summed E-state index contributed by atoms with van der Waals surface area (Å²) in [6.45, 7) is 8.13. The third-order valence-electron chi connectivity index (χ3n) is 5.76. The number of rotatable bonds is 6. The number of hydrogen-bond donors (Lipinski definition) is 1. The van der Waals surface area contributed by atoms with E-state index in [1.54, 1.807) is 24.3 Å². The van der Waals surface area contributed by atoms with Gasteiger partial charge in [-0.15, -0.1) is 6.58 Å². The first-order chi connectivity index (χ1) is 15.1. The summed E-state index contributed by atoms with van der Waals surface area (Å²) < 4.78 is 1.79. The highest BCUT2D eigenvalue weighted by atomic mass is 32.1. The minimum atomic E-state index is -0.176. The lowest BCUT2D eigenvalue weighted by Gasteiger charge is -2.34. The summed E-state index contributed by atoms with van der Waals surface area (Å²) in [5, 5.41) is 0.512. The predicted octanol–water partition coefficient (Wildman–Crippen LogP) is 3.25. The minimum absolute atomic E-state index is 0.0146. The van der Waals surface area contributed by atoms with E-state index in [1.807, 2.05) is 11.0 Å². The molecule has 7 heteroatoms. The molecule has 1 amide bonds. The molecule has 0 saturated carbocycles. The lowest BCUT2D eigenvalue weighted by molar-refractivity contribution is 0.0638. The molecule has 1 aromatic heterocycles. The molecule has 1 aliphatic rings. The van der Waals surface area contributed by atoms with Crippen molar-refractivity contribution in [3.63, 3.8) is 0 Å². The molecule has 0 radical (unpaired) electrons. The van der Waals surface area contributed by atoms with Crippen molar-refractivity contribution in [1.82, 2.24) is 19.4 Å². The summed E-state index contributed by atoms with van der Waals surface area (Å²) in [5.41, 5.74) is 2.31. The monoisotopic (exact) mass is 434 g/mol. The van der Waals surface area contributed by atoms with Crippen LogP contribution in [-0.4, -0.2) is 58.0 Å². The first kappa shape index (κ1) is 21.2. The number of nitrogens with zero attached hydrogens (tertiary/aromatic N) is 3. The van der Waals surface area contributed by atoms with Crippen LogP contribution in [0.4, 0.5) is 0 Å². The first-order valence-electron chi connectivity index (χ1n) is 10.5. The third kappa shape index (κ3) is 4.68.